The number of hydrogen-bond donors (Lipinski definition) is 4. The lowest BCUT2D eigenvalue weighted by atomic mass is 9.96. The summed E-state index contributed by atoms with van der Waals surface area (Å²) in [7, 11) is -2.59. The number of aliphatic hydroxyl groups is 2. The Labute approximate surface area is 252 Å². The molecule has 2 saturated carbocycles. The molecule has 0 bridgehead atoms. The number of hydrogen-bond acceptors (Lipinski definition) is 12. The molecule has 3 aliphatic rings. The smallest absolute Gasteiger partial charge is 0.459 e. The normalized spacial score (nSPS) is 28.1. The number of nitrogens with zero attached hydrogens (tertiary/aromatic N) is 4. The average Bonchev–Trinajstić information content (AvgIpc) is 3.28. The summed E-state index contributed by atoms with van der Waals surface area (Å²) in [5, 5.41) is 28.6. The van der Waals surface area contributed by atoms with Crippen LogP contribution in [0.25, 0.3) is 11.2 Å². The number of anilines is 1. The van der Waals surface area contributed by atoms with Crippen LogP contribution in [-0.4, -0.2) is 78.8 Å². The highest BCUT2D eigenvalue weighted by Gasteiger charge is 2.58. The van der Waals surface area contributed by atoms with Crippen molar-refractivity contribution in [2.24, 2.45) is 0 Å². The van der Waals surface area contributed by atoms with Crippen molar-refractivity contribution in [3.8, 4) is 5.75 Å². The molecule has 43 heavy (non-hydrogen) atoms. The van der Waals surface area contributed by atoms with Crippen molar-refractivity contribution in [1.29, 1.82) is 0 Å². The summed E-state index contributed by atoms with van der Waals surface area (Å²) in [5.74, 6) is 0.162. The van der Waals surface area contributed by atoms with Gasteiger partial charge < -0.3 is 29.5 Å². The fourth-order valence-electron chi connectivity index (χ4n) is 5.49. The van der Waals surface area contributed by atoms with Crippen LogP contribution >= 0.6 is 19.3 Å². The predicted molar refractivity (Wildman–Crippen MR) is 154 cm³/mol. The quantitative estimate of drug-likeness (QED) is 0.178. The largest absolute Gasteiger partial charge is 0.461 e. The molecule has 3 heterocycles. The van der Waals surface area contributed by atoms with Crippen LogP contribution in [0.2, 0.25) is 5.02 Å². The Morgan fingerprint density at radius 3 is 2.60 bits per heavy atom. The maximum absolute atomic E-state index is 14.2. The number of aromatic nitrogens is 4. The fourth-order valence-corrected chi connectivity index (χ4v) is 7.36. The van der Waals surface area contributed by atoms with Crippen molar-refractivity contribution in [2.45, 2.75) is 81.1 Å². The van der Waals surface area contributed by atoms with E-state index in [1.807, 2.05) is 0 Å². The maximum Gasteiger partial charge on any atom is 0.459 e. The molecule has 0 amide bonds. The van der Waals surface area contributed by atoms with Crippen LogP contribution in [0.3, 0.4) is 0 Å². The van der Waals surface area contributed by atoms with E-state index < -0.39 is 49.9 Å². The molecule has 1 aromatic carbocycles. The van der Waals surface area contributed by atoms with E-state index in [1.54, 1.807) is 19.2 Å². The number of halogens is 1. The van der Waals surface area contributed by atoms with Crippen molar-refractivity contribution in [1.82, 2.24) is 24.6 Å². The first kappa shape index (κ1) is 30.2. The van der Waals surface area contributed by atoms with Crippen LogP contribution in [0.5, 0.6) is 5.75 Å². The van der Waals surface area contributed by atoms with E-state index in [4.69, 9.17) is 30.1 Å². The molecule has 1 aliphatic heterocycles. The number of nitrogens with one attached hydrogen (secondary N) is 2. The van der Waals surface area contributed by atoms with E-state index in [1.165, 1.54) is 36.3 Å². The summed E-state index contributed by atoms with van der Waals surface area (Å²) in [6.45, 7) is 0.956. The van der Waals surface area contributed by atoms with Gasteiger partial charge in [-0.2, -0.15) is 5.09 Å². The number of imidazole rings is 1. The molecule has 2 aromatic heterocycles. The van der Waals surface area contributed by atoms with Crippen LogP contribution in [0.1, 0.15) is 51.7 Å². The molecule has 5 atom stereocenters. The van der Waals surface area contributed by atoms with Gasteiger partial charge in [-0.1, -0.05) is 11.6 Å². The van der Waals surface area contributed by atoms with Crippen LogP contribution in [-0.2, 0) is 23.4 Å². The van der Waals surface area contributed by atoms with Crippen molar-refractivity contribution in [3.05, 3.63) is 41.9 Å². The molecule has 6 rings (SSSR count). The summed E-state index contributed by atoms with van der Waals surface area (Å²) in [6, 6.07) is 6.16. The van der Waals surface area contributed by atoms with Crippen LogP contribution in [0.4, 0.5) is 5.82 Å². The Morgan fingerprint density at radius 2 is 1.93 bits per heavy atom. The fraction of sp³-hybridized carbons (Fsp3) is 0.556. The van der Waals surface area contributed by atoms with Gasteiger partial charge in [-0.05, 0) is 69.7 Å². The Kier molecular flexibility index (Phi) is 8.14. The van der Waals surface area contributed by atoms with E-state index in [2.05, 4.69) is 25.4 Å². The summed E-state index contributed by atoms with van der Waals surface area (Å²) in [4.78, 5) is 25.9. The van der Waals surface area contributed by atoms with Gasteiger partial charge in [0, 0.05) is 12.1 Å². The van der Waals surface area contributed by atoms with Crippen molar-refractivity contribution < 1.29 is 38.1 Å². The van der Waals surface area contributed by atoms with Crippen molar-refractivity contribution in [3.63, 3.8) is 0 Å². The molecular formula is C27H34ClN6O8P. The van der Waals surface area contributed by atoms with Gasteiger partial charge in [0.15, 0.2) is 17.7 Å². The standard InChI is InChI=1S/C27H34ClN6O8P/c1-26(37)21(35)19(41-24(26)34-15-32-20-22(29-2)30-14-31-23(20)34)13-39-43(38,42-18-9-7-16(28)8-10-18)33-27(11-12-27)25(36)40-17-5-3-4-6-17/h7-10,14-15,17,19,21,24,35,37H,3-6,11-13H2,1-2H3,(H,33,38)(H,29,30,31)/t19?,21-,24?,26-,43?/m1/s1. The first-order valence-electron chi connectivity index (χ1n) is 14.1. The summed E-state index contributed by atoms with van der Waals surface area (Å²) < 4.78 is 39.1. The molecule has 16 heteroatoms. The molecule has 3 aromatic rings. The predicted octanol–water partition coefficient (Wildman–Crippen LogP) is 3.34. The zero-order valence-corrected chi connectivity index (χ0v) is 25.3. The van der Waals surface area contributed by atoms with Gasteiger partial charge in [-0.15, -0.1) is 0 Å². The first-order chi connectivity index (χ1) is 20.5. The average molecular weight is 637 g/mol. The van der Waals surface area contributed by atoms with Crippen LogP contribution in [0.15, 0.2) is 36.9 Å². The third-order valence-electron chi connectivity index (χ3n) is 8.12. The van der Waals surface area contributed by atoms with E-state index in [0.717, 1.165) is 25.7 Å². The number of esters is 1. The van der Waals surface area contributed by atoms with Gasteiger partial charge in [-0.3, -0.25) is 13.9 Å². The van der Waals surface area contributed by atoms with Gasteiger partial charge in [0.2, 0.25) is 0 Å². The number of aliphatic hydroxyl groups excluding tert-OH is 1. The Morgan fingerprint density at radius 1 is 1.21 bits per heavy atom. The van der Waals surface area contributed by atoms with Crippen LogP contribution in [0, 0.1) is 0 Å². The van der Waals surface area contributed by atoms with Crippen molar-refractivity contribution >= 4 is 42.3 Å². The summed E-state index contributed by atoms with van der Waals surface area (Å²) in [6.07, 6.45) is 3.22. The number of carbonyl (C=O) groups excluding carboxylic acids is 1. The highest BCUT2D eigenvalue weighted by atomic mass is 35.5. The van der Waals surface area contributed by atoms with Gasteiger partial charge in [0.05, 0.1) is 12.9 Å². The highest BCUT2D eigenvalue weighted by molar-refractivity contribution is 7.52. The second kappa shape index (κ2) is 11.6. The first-order valence-corrected chi connectivity index (χ1v) is 16.1. The topological polar surface area (TPSA) is 179 Å². The van der Waals surface area contributed by atoms with E-state index in [-0.39, 0.29) is 11.9 Å². The molecule has 3 fully saturated rings. The molecular weight excluding hydrogens is 603 g/mol. The SMILES string of the molecule is CNc1ncnc2c1ncn2C1OC(COP(=O)(NC2(C(=O)OC3CCCC3)CC2)Oc2ccc(Cl)cc2)[C@@H](O)[C@@]1(C)O. The molecule has 14 nitrogen and oxygen atoms in total. The zero-order valence-electron chi connectivity index (χ0n) is 23.7. The lowest BCUT2D eigenvalue weighted by Crippen LogP contribution is -2.45. The third-order valence-corrected chi connectivity index (χ3v) is 10.0. The Balaban J connectivity index is 1.21. The van der Waals surface area contributed by atoms with Gasteiger partial charge in [0.1, 0.15) is 47.0 Å². The monoisotopic (exact) mass is 636 g/mol. The summed E-state index contributed by atoms with van der Waals surface area (Å²) in [5.41, 5.74) is -2.23. The molecule has 232 valence electrons. The number of fused-ring (bicyclic) bond motifs is 1. The molecule has 4 N–H and O–H groups in total. The second-order valence-electron chi connectivity index (χ2n) is 11.3. The number of benzene rings is 1. The lowest BCUT2D eigenvalue weighted by molar-refractivity contribution is -0.152. The minimum atomic E-state index is -4.28. The molecule has 0 radical (unpaired) electrons. The van der Waals surface area contributed by atoms with Crippen LogP contribution < -0.4 is 14.9 Å². The third kappa shape index (κ3) is 5.97. The van der Waals surface area contributed by atoms with E-state index in [0.29, 0.717) is 34.8 Å². The van der Waals surface area contributed by atoms with Gasteiger partial charge >= 0.3 is 13.7 Å². The van der Waals surface area contributed by atoms with Gasteiger partial charge in [0.25, 0.3) is 0 Å². The molecule has 0 spiro atoms. The molecule has 3 unspecified atom stereocenters. The van der Waals surface area contributed by atoms with Gasteiger partial charge in [-0.25, -0.2) is 19.5 Å². The Hall–Kier alpha value is -2.84. The highest BCUT2D eigenvalue weighted by Crippen LogP contribution is 2.53. The minimum Gasteiger partial charge on any atom is -0.461 e. The van der Waals surface area contributed by atoms with E-state index in [9.17, 15) is 19.6 Å². The van der Waals surface area contributed by atoms with Crippen molar-refractivity contribution in [2.75, 3.05) is 19.0 Å². The number of carbonyl (C=O) groups is 1. The lowest BCUT2D eigenvalue weighted by Gasteiger charge is -2.27. The number of ether oxygens (including phenoxy) is 2. The molecule has 1 saturated heterocycles. The Bertz CT molecular complexity index is 1530. The zero-order chi connectivity index (χ0) is 30.4. The van der Waals surface area contributed by atoms with E-state index >= 15 is 0 Å². The second-order valence-corrected chi connectivity index (χ2v) is 13.4. The minimum absolute atomic E-state index is 0.167. The summed E-state index contributed by atoms with van der Waals surface area (Å²) >= 11 is 6.00. The number of rotatable bonds is 11. The maximum atomic E-state index is 14.2. The molecule has 2 aliphatic carbocycles.